The van der Waals surface area contributed by atoms with Gasteiger partial charge < -0.3 is 5.73 Å². The molecule has 0 amide bonds. The van der Waals surface area contributed by atoms with Crippen molar-refractivity contribution < 1.29 is 4.79 Å². The number of rotatable bonds is 5. The Labute approximate surface area is 169 Å². The van der Waals surface area contributed by atoms with E-state index in [9.17, 15) is 15.3 Å². The van der Waals surface area contributed by atoms with Gasteiger partial charge >= 0.3 is 0 Å². The average molecular weight is 411 g/mol. The Hall–Kier alpha value is -2.84. The summed E-state index contributed by atoms with van der Waals surface area (Å²) in [5, 5.41) is 21.9. The smallest absolute Gasteiger partial charge is 0.173 e. The summed E-state index contributed by atoms with van der Waals surface area (Å²) in [6.45, 7) is 0. The molecule has 0 aliphatic heterocycles. The van der Waals surface area contributed by atoms with Crippen molar-refractivity contribution in [3.05, 3.63) is 63.5 Å². The Morgan fingerprint density at radius 1 is 1.19 bits per heavy atom. The molecule has 3 rings (SSSR count). The Morgan fingerprint density at radius 2 is 1.89 bits per heavy atom. The lowest BCUT2D eigenvalue weighted by molar-refractivity contribution is 0.102. The van der Waals surface area contributed by atoms with Gasteiger partial charge in [-0.1, -0.05) is 29.4 Å². The van der Waals surface area contributed by atoms with E-state index < -0.39 is 0 Å². The van der Waals surface area contributed by atoms with Crippen molar-refractivity contribution >= 4 is 46.3 Å². The predicted octanol–water partition coefficient (Wildman–Crippen LogP) is 4.76. The number of carbonyl (C=O) groups excluding carboxylic acids is 1. The number of nitrogens with zero attached hydrogens (tertiary/aromatic N) is 3. The van der Waals surface area contributed by atoms with E-state index in [0.29, 0.717) is 21.2 Å². The molecule has 132 valence electrons. The van der Waals surface area contributed by atoms with Crippen LogP contribution in [0.3, 0.4) is 0 Å². The molecule has 0 radical (unpaired) electrons. The number of thioether (sulfide) groups is 1. The van der Waals surface area contributed by atoms with Crippen LogP contribution >= 0.6 is 34.7 Å². The van der Waals surface area contributed by atoms with Crippen LogP contribution in [0.2, 0.25) is 5.02 Å². The van der Waals surface area contributed by atoms with E-state index >= 15 is 0 Å². The third-order valence-electron chi connectivity index (χ3n) is 3.69. The van der Waals surface area contributed by atoms with Gasteiger partial charge in [-0.3, -0.25) is 4.79 Å². The summed E-state index contributed by atoms with van der Waals surface area (Å²) in [5.41, 5.74) is 7.34. The number of pyridine rings is 1. The molecule has 0 unspecified atom stereocenters. The van der Waals surface area contributed by atoms with Gasteiger partial charge in [0.15, 0.2) is 5.78 Å². The first-order valence-corrected chi connectivity index (χ1v) is 9.88. The summed E-state index contributed by atoms with van der Waals surface area (Å²) in [6, 6.07) is 14.4. The molecule has 5 nitrogen and oxygen atoms in total. The molecule has 0 aliphatic rings. The molecular weight excluding hydrogens is 400 g/mol. The summed E-state index contributed by atoms with van der Waals surface area (Å²) in [4.78, 5) is 17.3. The third kappa shape index (κ3) is 3.96. The number of thiophene rings is 1. The summed E-state index contributed by atoms with van der Waals surface area (Å²) < 4.78 is 0. The van der Waals surface area contributed by atoms with Gasteiger partial charge in [0.2, 0.25) is 0 Å². The van der Waals surface area contributed by atoms with E-state index in [2.05, 4.69) is 11.1 Å². The maximum Gasteiger partial charge on any atom is 0.173 e. The Bertz CT molecular complexity index is 1080. The zero-order valence-corrected chi connectivity index (χ0v) is 16.2. The van der Waals surface area contributed by atoms with Gasteiger partial charge in [0.25, 0.3) is 0 Å². The minimum Gasteiger partial charge on any atom is -0.383 e. The molecule has 0 atom stereocenters. The van der Waals surface area contributed by atoms with Gasteiger partial charge in [0.05, 0.1) is 11.3 Å². The summed E-state index contributed by atoms with van der Waals surface area (Å²) in [5.74, 6) is 0.00253. The Morgan fingerprint density at radius 3 is 2.48 bits per heavy atom. The van der Waals surface area contributed by atoms with Crippen molar-refractivity contribution in [2.75, 3.05) is 11.5 Å². The first-order chi connectivity index (χ1) is 13.0. The molecule has 0 spiro atoms. The Balaban J connectivity index is 1.97. The molecule has 8 heteroatoms. The fourth-order valence-electron chi connectivity index (χ4n) is 2.42. The van der Waals surface area contributed by atoms with Crippen LogP contribution in [0.15, 0.2) is 46.8 Å². The number of nitrogens with two attached hydrogens (primary N) is 1. The second-order valence-corrected chi connectivity index (χ2v) is 7.70. The molecule has 2 N–H and O–H groups in total. The van der Waals surface area contributed by atoms with E-state index in [4.69, 9.17) is 17.3 Å². The highest BCUT2D eigenvalue weighted by molar-refractivity contribution is 8.00. The zero-order chi connectivity index (χ0) is 19.4. The fourth-order valence-corrected chi connectivity index (χ4v) is 4.22. The fraction of sp³-hybridized carbons (Fsp3) is 0.0526. The minimum absolute atomic E-state index is 0.0429. The van der Waals surface area contributed by atoms with Crippen LogP contribution in [0.1, 0.15) is 21.5 Å². The van der Waals surface area contributed by atoms with Crippen LogP contribution in [0, 0.1) is 22.7 Å². The molecule has 0 aliphatic carbocycles. The number of aromatic nitrogens is 1. The maximum atomic E-state index is 12.4. The van der Waals surface area contributed by atoms with Crippen molar-refractivity contribution in [2.24, 2.45) is 0 Å². The average Bonchev–Trinajstić information content (AvgIpc) is 3.20. The predicted molar refractivity (Wildman–Crippen MR) is 108 cm³/mol. The summed E-state index contributed by atoms with van der Waals surface area (Å²) in [7, 11) is 0. The zero-order valence-electron chi connectivity index (χ0n) is 13.8. The highest BCUT2D eigenvalue weighted by Crippen LogP contribution is 2.37. The van der Waals surface area contributed by atoms with E-state index in [1.54, 1.807) is 24.3 Å². The van der Waals surface area contributed by atoms with Gasteiger partial charge in [-0.15, -0.1) is 11.3 Å². The van der Waals surface area contributed by atoms with Gasteiger partial charge in [-0.25, -0.2) is 4.98 Å². The summed E-state index contributed by atoms with van der Waals surface area (Å²) in [6.07, 6.45) is 0. The van der Waals surface area contributed by atoms with Crippen LogP contribution in [0.4, 0.5) is 5.82 Å². The molecule has 0 saturated heterocycles. The number of nitriles is 2. The van der Waals surface area contributed by atoms with Crippen LogP contribution in [-0.4, -0.2) is 16.5 Å². The molecule has 27 heavy (non-hydrogen) atoms. The number of hydrogen-bond donors (Lipinski definition) is 1. The number of nitrogen functional groups attached to an aromatic ring is 1. The van der Waals surface area contributed by atoms with Crippen LogP contribution in [-0.2, 0) is 0 Å². The quantitative estimate of drug-likeness (QED) is 0.480. The van der Waals surface area contributed by atoms with Crippen molar-refractivity contribution in [3.8, 4) is 22.6 Å². The lowest BCUT2D eigenvalue weighted by Gasteiger charge is -2.11. The SMILES string of the molecule is N#Cc1c(N)nc(SCC(=O)c2ccc(Cl)cc2)c(C#N)c1-c1cccs1. The molecule has 0 fully saturated rings. The van der Waals surface area contributed by atoms with Crippen LogP contribution < -0.4 is 5.73 Å². The van der Waals surface area contributed by atoms with Gasteiger partial charge in [-0.2, -0.15) is 10.5 Å². The van der Waals surface area contributed by atoms with Gasteiger partial charge in [-0.05, 0) is 35.7 Å². The highest BCUT2D eigenvalue weighted by Gasteiger charge is 2.21. The van der Waals surface area contributed by atoms with Crippen molar-refractivity contribution in [2.45, 2.75) is 5.03 Å². The first-order valence-electron chi connectivity index (χ1n) is 7.64. The lowest BCUT2D eigenvalue weighted by Crippen LogP contribution is -2.06. The van der Waals surface area contributed by atoms with Crippen LogP contribution in [0.5, 0.6) is 0 Å². The second kappa shape index (κ2) is 8.24. The van der Waals surface area contributed by atoms with E-state index in [1.807, 2.05) is 23.6 Å². The number of ketones is 1. The monoisotopic (exact) mass is 410 g/mol. The molecule has 0 saturated carbocycles. The van der Waals surface area contributed by atoms with Crippen molar-refractivity contribution in [3.63, 3.8) is 0 Å². The topological polar surface area (TPSA) is 104 Å². The molecule has 2 aromatic heterocycles. The maximum absolute atomic E-state index is 12.4. The first kappa shape index (κ1) is 18.9. The molecule has 0 bridgehead atoms. The standard InChI is InChI=1S/C19H11ClN4OS2/c20-12-5-3-11(4-6-12)15(25)10-27-19-14(9-22)17(16-2-1-7-26-16)13(8-21)18(23)24-19/h1-7H,10H2,(H2,23,24). The third-order valence-corrected chi connectivity index (χ3v) is 5.80. The Kier molecular flexibility index (Phi) is 5.78. The number of carbonyl (C=O) groups is 1. The van der Waals surface area contributed by atoms with Gasteiger partial charge in [0.1, 0.15) is 28.5 Å². The number of benzene rings is 1. The van der Waals surface area contributed by atoms with E-state index in [-0.39, 0.29) is 28.5 Å². The second-order valence-electron chi connectivity index (χ2n) is 5.35. The van der Waals surface area contributed by atoms with Crippen molar-refractivity contribution in [1.82, 2.24) is 4.98 Å². The highest BCUT2D eigenvalue weighted by atomic mass is 35.5. The molecule has 2 heterocycles. The normalized spacial score (nSPS) is 10.2. The van der Waals surface area contributed by atoms with Crippen LogP contribution in [0.25, 0.3) is 10.4 Å². The van der Waals surface area contributed by atoms with Gasteiger partial charge in [0, 0.05) is 21.0 Å². The molecular formula is C19H11ClN4OS2. The van der Waals surface area contributed by atoms with E-state index in [1.165, 1.54) is 11.3 Å². The minimum atomic E-state index is -0.122. The van der Waals surface area contributed by atoms with E-state index in [0.717, 1.165) is 16.6 Å². The lowest BCUT2D eigenvalue weighted by atomic mass is 10.0. The summed E-state index contributed by atoms with van der Waals surface area (Å²) >= 11 is 8.36. The molecule has 1 aromatic carbocycles. The molecule has 3 aromatic rings. The number of anilines is 1. The largest absolute Gasteiger partial charge is 0.383 e. The number of halogens is 1. The van der Waals surface area contributed by atoms with Crippen molar-refractivity contribution in [1.29, 1.82) is 10.5 Å². The number of hydrogen-bond acceptors (Lipinski definition) is 7. The number of Topliss-reactive ketones (excluding diaryl/α,β-unsaturated/α-hetero) is 1.